The molecular weight excluding hydrogens is 383 g/mol. The lowest BCUT2D eigenvalue weighted by Crippen LogP contribution is -2.39. The molecule has 0 radical (unpaired) electrons. The fourth-order valence-corrected chi connectivity index (χ4v) is 5.71. The molecular formula is C17H14Cl2N2OS2. The van der Waals surface area contributed by atoms with Gasteiger partial charge in [0.15, 0.2) is 0 Å². The zero-order chi connectivity index (χ0) is 16.8. The SMILES string of the molecule is NCC(=O)N1CCc2c(sc3c(Cl)c(Cl)cc(-c4ccsc4)c23)C1. The number of halogens is 2. The maximum absolute atomic E-state index is 11.9. The van der Waals surface area contributed by atoms with Crippen molar-refractivity contribution >= 4 is 61.9 Å². The van der Waals surface area contributed by atoms with Crippen LogP contribution in [-0.2, 0) is 17.8 Å². The maximum atomic E-state index is 11.9. The molecule has 7 heteroatoms. The smallest absolute Gasteiger partial charge is 0.236 e. The summed E-state index contributed by atoms with van der Waals surface area (Å²) in [6.07, 6.45) is 0.816. The van der Waals surface area contributed by atoms with Gasteiger partial charge in [-0.15, -0.1) is 11.3 Å². The number of benzene rings is 1. The maximum Gasteiger partial charge on any atom is 0.236 e. The fourth-order valence-electron chi connectivity index (χ4n) is 3.20. The van der Waals surface area contributed by atoms with Gasteiger partial charge in [0.05, 0.1) is 27.8 Å². The average molecular weight is 397 g/mol. The number of amides is 1. The number of nitrogens with zero attached hydrogens (tertiary/aromatic N) is 1. The Bertz CT molecular complexity index is 934. The summed E-state index contributed by atoms with van der Waals surface area (Å²) in [7, 11) is 0. The molecule has 3 aromatic rings. The molecule has 24 heavy (non-hydrogen) atoms. The van der Waals surface area contributed by atoms with Crippen LogP contribution in [0.3, 0.4) is 0 Å². The topological polar surface area (TPSA) is 46.3 Å². The fraction of sp³-hybridized carbons (Fsp3) is 0.235. The lowest BCUT2D eigenvalue weighted by Gasteiger charge is -2.26. The number of fused-ring (bicyclic) bond motifs is 3. The Kier molecular flexibility index (Phi) is 4.31. The highest BCUT2D eigenvalue weighted by atomic mass is 35.5. The van der Waals surface area contributed by atoms with Crippen molar-refractivity contribution in [2.75, 3.05) is 13.1 Å². The van der Waals surface area contributed by atoms with E-state index in [9.17, 15) is 4.79 Å². The third-order valence-electron chi connectivity index (χ3n) is 4.37. The van der Waals surface area contributed by atoms with Gasteiger partial charge in [0.1, 0.15) is 0 Å². The molecule has 0 spiro atoms. The standard InChI is InChI=1S/C17H14Cl2N2OS2/c18-12-5-11(9-2-4-23-8-9)15-10-1-3-21(14(22)6-20)7-13(10)24-17(15)16(12)19/h2,4-5,8H,1,3,6-7,20H2. The third-order valence-corrected chi connectivity index (χ3v) is 7.18. The molecule has 124 valence electrons. The van der Waals surface area contributed by atoms with Gasteiger partial charge in [-0.1, -0.05) is 23.2 Å². The molecule has 1 aliphatic rings. The number of nitrogens with two attached hydrogens (primary N) is 1. The summed E-state index contributed by atoms with van der Waals surface area (Å²) < 4.78 is 1.01. The normalized spacial score (nSPS) is 14.2. The highest BCUT2D eigenvalue weighted by Crippen LogP contribution is 2.46. The van der Waals surface area contributed by atoms with Crippen molar-refractivity contribution < 1.29 is 4.79 Å². The molecule has 3 nitrogen and oxygen atoms in total. The number of hydrogen-bond donors (Lipinski definition) is 1. The molecule has 0 unspecified atom stereocenters. The van der Waals surface area contributed by atoms with Gasteiger partial charge in [0.25, 0.3) is 0 Å². The first-order chi connectivity index (χ1) is 11.6. The second-order valence-electron chi connectivity index (χ2n) is 5.71. The molecule has 0 saturated carbocycles. The predicted molar refractivity (Wildman–Crippen MR) is 103 cm³/mol. The van der Waals surface area contributed by atoms with Crippen molar-refractivity contribution in [2.45, 2.75) is 13.0 Å². The van der Waals surface area contributed by atoms with Crippen LogP contribution in [0, 0.1) is 0 Å². The van der Waals surface area contributed by atoms with Crippen molar-refractivity contribution in [1.29, 1.82) is 0 Å². The quantitative estimate of drug-likeness (QED) is 0.677. The lowest BCUT2D eigenvalue weighted by molar-refractivity contribution is -0.130. The zero-order valence-electron chi connectivity index (χ0n) is 12.6. The van der Waals surface area contributed by atoms with Gasteiger partial charge in [-0.3, -0.25) is 4.79 Å². The van der Waals surface area contributed by atoms with E-state index in [0.717, 1.165) is 22.2 Å². The monoisotopic (exact) mass is 396 g/mol. The van der Waals surface area contributed by atoms with E-state index in [1.54, 1.807) is 22.7 Å². The number of hydrogen-bond acceptors (Lipinski definition) is 4. The number of rotatable bonds is 2. The molecule has 1 aliphatic heterocycles. The van der Waals surface area contributed by atoms with E-state index in [0.29, 0.717) is 23.1 Å². The molecule has 0 saturated heterocycles. The minimum atomic E-state index is -0.0136. The van der Waals surface area contributed by atoms with E-state index in [-0.39, 0.29) is 12.5 Å². The van der Waals surface area contributed by atoms with Gasteiger partial charge >= 0.3 is 0 Å². The molecule has 1 amide bonds. The van der Waals surface area contributed by atoms with Crippen LogP contribution in [0.15, 0.2) is 22.9 Å². The molecule has 3 heterocycles. The van der Waals surface area contributed by atoms with Crippen molar-refractivity contribution in [3.63, 3.8) is 0 Å². The Morgan fingerprint density at radius 3 is 2.92 bits per heavy atom. The molecule has 0 atom stereocenters. The Morgan fingerprint density at radius 1 is 1.38 bits per heavy atom. The number of thiophene rings is 2. The second kappa shape index (κ2) is 6.32. The summed E-state index contributed by atoms with van der Waals surface area (Å²) in [5.41, 5.74) is 9.07. The first-order valence-electron chi connectivity index (χ1n) is 7.52. The van der Waals surface area contributed by atoms with Crippen LogP contribution in [0.2, 0.25) is 10.0 Å². The Balaban J connectivity index is 1.93. The molecule has 2 N–H and O–H groups in total. The van der Waals surface area contributed by atoms with Gasteiger partial charge in [0.2, 0.25) is 5.91 Å². The van der Waals surface area contributed by atoms with Gasteiger partial charge in [-0.2, -0.15) is 11.3 Å². The van der Waals surface area contributed by atoms with Crippen LogP contribution in [0.4, 0.5) is 0 Å². The van der Waals surface area contributed by atoms with E-state index >= 15 is 0 Å². The van der Waals surface area contributed by atoms with Gasteiger partial charge < -0.3 is 10.6 Å². The lowest BCUT2D eigenvalue weighted by atomic mass is 9.97. The molecule has 0 bridgehead atoms. The third kappa shape index (κ3) is 2.55. The van der Waals surface area contributed by atoms with E-state index in [2.05, 4.69) is 16.8 Å². The molecule has 0 fully saturated rings. The van der Waals surface area contributed by atoms with Gasteiger partial charge in [0, 0.05) is 16.8 Å². The zero-order valence-corrected chi connectivity index (χ0v) is 15.8. The van der Waals surface area contributed by atoms with Gasteiger partial charge in [-0.25, -0.2) is 0 Å². The van der Waals surface area contributed by atoms with E-state index in [4.69, 9.17) is 28.9 Å². The number of carbonyl (C=O) groups excluding carboxylic acids is 1. The van der Waals surface area contributed by atoms with E-state index < -0.39 is 0 Å². The van der Waals surface area contributed by atoms with Crippen molar-refractivity contribution in [1.82, 2.24) is 4.90 Å². The summed E-state index contributed by atoms with van der Waals surface area (Å²) in [4.78, 5) is 14.9. The van der Waals surface area contributed by atoms with Crippen LogP contribution in [0.5, 0.6) is 0 Å². The predicted octanol–water partition coefficient (Wildman–Crippen LogP) is 4.78. The van der Waals surface area contributed by atoms with Crippen LogP contribution in [0.1, 0.15) is 10.4 Å². The first-order valence-corrected chi connectivity index (χ1v) is 10.0. The molecule has 4 rings (SSSR count). The largest absolute Gasteiger partial charge is 0.336 e. The molecule has 0 aliphatic carbocycles. The summed E-state index contributed by atoms with van der Waals surface area (Å²) in [6.45, 7) is 1.34. The van der Waals surface area contributed by atoms with Crippen LogP contribution >= 0.6 is 45.9 Å². The first kappa shape index (κ1) is 16.4. The van der Waals surface area contributed by atoms with Crippen molar-refractivity contribution in [2.24, 2.45) is 5.73 Å². The van der Waals surface area contributed by atoms with E-state index in [1.807, 2.05) is 11.0 Å². The average Bonchev–Trinajstić information content (AvgIpc) is 3.24. The summed E-state index contributed by atoms with van der Waals surface area (Å²) in [5, 5.41) is 6.53. The summed E-state index contributed by atoms with van der Waals surface area (Å²) >= 11 is 16.2. The minimum absolute atomic E-state index is 0.0136. The summed E-state index contributed by atoms with van der Waals surface area (Å²) in [5.74, 6) is -0.0136. The minimum Gasteiger partial charge on any atom is -0.336 e. The van der Waals surface area contributed by atoms with Crippen LogP contribution in [-0.4, -0.2) is 23.9 Å². The van der Waals surface area contributed by atoms with Crippen molar-refractivity contribution in [3.05, 3.63) is 43.4 Å². The van der Waals surface area contributed by atoms with E-state index in [1.165, 1.54) is 15.8 Å². The Morgan fingerprint density at radius 2 is 2.21 bits per heavy atom. The number of carbonyl (C=O) groups is 1. The van der Waals surface area contributed by atoms with Crippen LogP contribution < -0.4 is 5.73 Å². The summed E-state index contributed by atoms with van der Waals surface area (Å²) in [6, 6.07) is 4.06. The van der Waals surface area contributed by atoms with Crippen molar-refractivity contribution in [3.8, 4) is 11.1 Å². The molecule has 2 aromatic heterocycles. The Hall–Kier alpha value is -1.11. The van der Waals surface area contributed by atoms with Gasteiger partial charge in [-0.05, 0) is 46.0 Å². The highest BCUT2D eigenvalue weighted by Gasteiger charge is 2.26. The van der Waals surface area contributed by atoms with Crippen LogP contribution in [0.25, 0.3) is 21.2 Å². The highest BCUT2D eigenvalue weighted by molar-refractivity contribution is 7.20. The molecule has 1 aromatic carbocycles. The Labute approximate surface area is 157 Å². The second-order valence-corrected chi connectivity index (χ2v) is 8.38.